The van der Waals surface area contributed by atoms with Gasteiger partial charge in [0.15, 0.2) is 6.10 Å². The Kier molecular flexibility index (Phi) is 6.30. The van der Waals surface area contributed by atoms with Gasteiger partial charge in [-0.15, -0.1) is 0 Å². The highest BCUT2D eigenvalue weighted by Gasteiger charge is 2.16. The zero-order valence-electron chi connectivity index (χ0n) is 8.53. The summed E-state index contributed by atoms with van der Waals surface area (Å²) in [7, 11) is 1.24. The average Bonchev–Trinajstić information content (AvgIpc) is 2.27. The van der Waals surface area contributed by atoms with Crippen LogP contribution in [0.25, 0.3) is 0 Å². The van der Waals surface area contributed by atoms with Crippen molar-refractivity contribution in [2.75, 3.05) is 7.11 Å². The third-order valence-electron chi connectivity index (χ3n) is 1.54. The van der Waals surface area contributed by atoms with Crippen LogP contribution in [0.5, 0.6) is 0 Å². The summed E-state index contributed by atoms with van der Waals surface area (Å²) in [6.45, 7) is 0. The van der Waals surface area contributed by atoms with Crippen LogP contribution in [0.15, 0.2) is 30.3 Å². The first kappa shape index (κ1) is 13.9. The van der Waals surface area contributed by atoms with Crippen LogP contribution in [0.2, 0.25) is 0 Å². The fraction of sp³-hybridized carbons (Fsp3) is 0.200. The molecule has 0 saturated heterocycles. The van der Waals surface area contributed by atoms with E-state index in [-0.39, 0.29) is 0 Å². The highest BCUT2D eigenvalue weighted by Crippen LogP contribution is 2.12. The van der Waals surface area contributed by atoms with Crippen LogP contribution in [0.3, 0.4) is 0 Å². The number of carbonyl (C=O) groups is 2. The Morgan fingerprint density at radius 1 is 1.19 bits per heavy atom. The summed E-state index contributed by atoms with van der Waals surface area (Å²) in [5.74, 6) is -0.638. The number of hydrogen-bond acceptors (Lipinski definition) is 4. The van der Waals surface area contributed by atoms with Gasteiger partial charge in [0.05, 0.1) is 7.11 Å². The van der Waals surface area contributed by atoms with Crippen LogP contribution in [0, 0.1) is 0 Å². The number of benzene rings is 1. The summed E-state index contributed by atoms with van der Waals surface area (Å²) in [6, 6.07) is 8.65. The molecular formula is C10H12O6. The molecule has 0 bridgehead atoms. The smallest absolute Gasteiger partial charge is 0.467 e. The lowest BCUT2D eigenvalue weighted by Crippen LogP contribution is -2.13. The van der Waals surface area contributed by atoms with Crippen LogP contribution in [-0.2, 0) is 9.53 Å². The Bertz CT molecular complexity index is 330. The van der Waals surface area contributed by atoms with Crippen LogP contribution in [-0.4, -0.2) is 34.6 Å². The van der Waals surface area contributed by atoms with E-state index in [0.29, 0.717) is 5.56 Å². The minimum absolute atomic E-state index is 0.546. The lowest BCUT2D eigenvalue weighted by molar-refractivity contribution is -0.150. The van der Waals surface area contributed by atoms with E-state index in [0.717, 1.165) is 0 Å². The van der Waals surface area contributed by atoms with Crippen molar-refractivity contribution in [2.45, 2.75) is 6.10 Å². The maximum absolute atomic E-state index is 10.8. The molecule has 0 amide bonds. The minimum atomic E-state index is -1.83. The van der Waals surface area contributed by atoms with E-state index < -0.39 is 18.2 Å². The van der Waals surface area contributed by atoms with Gasteiger partial charge in [-0.2, -0.15) is 0 Å². The summed E-state index contributed by atoms with van der Waals surface area (Å²) >= 11 is 0. The number of methoxy groups -OCH3 is 1. The van der Waals surface area contributed by atoms with Crippen molar-refractivity contribution in [1.29, 1.82) is 0 Å². The summed E-state index contributed by atoms with van der Waals surface area (Å²) in [6.07, 6.45) is -3.00. The lowest BCUT2D eigenvalue weighted by atomic mass is 10.1. The molecule has 0 aromatic heterocycles. The maximum atomic E-state index is 10.8. The molecule has 1 atom stereocenters. The Hall–Kier alpha value is -2.08. The van der Waals surface area contributed by atoms with E-state index in [2.05, 4.69) is 4.74 Å². The number of rotatable bonds is 2. The van der Waals surface area contributed by atoms with E-state index >= 15 is 0 Å². The van der Waals surface area contributed by atoms with Gasteiger partial charge in [-0.1, -0.05) is 30.3 Å². The van der Waals surface area contributed by atoms with Gasteiger partial charge in [-0.3, -0.25) is 0 Å². The van der Waals surface area contributed by atoms with E-state index in [1.807, 2.05) is 6.07 Å². The Morgan fingerprint density at radius 2 is 1.62 bits per heavy atom. The number of esters is 1. The van der Waals surface area contributed by atoms with Gasteiger partial charge in [-0.25, -0.2) is 9.59 Å². The second-order valence-corrected chi connectivity index (χ2v) is 2.62. The van der Waals surface area contributed by atoms with Gasteiger partial charge >= 0.3 is 12.1 Å². The highest BCUT2D eigenvalue weighted by atomic mass is 16.6. The molecule has 0 aliphatic carbocycles. The number of hydrogen-bond donors (Lipinski definition) is 3. The predicted molar refractivity (Wildman–Crippen MR) is 54.1 cm³/mol. The molecule has 3 N–H and O–H groups in total. The van der Waals surface area contributed by atoms with E-state index in [1.165, 1.54) is 7.11 Å². The van der Waals surface area contributed by atoms with Crippen molar-refractivity contribution in [1.82, 2.24) is 0 Å². The molecule has 1 unspecified atom stereocenters. The fourth-order valence-electron chi connectivity index (χ4n) is 0.883. The fourth-order valence-corrected chi connectivity index (χ4v) is 0.883. The second-order valence-electron chi connectivity index (χ2n) is 2.62. The topological polar surface area (TPSA) is 104 Å². The molecule has 1 rings (SSSR count). The molecule has 0 saturated carbocycles. The van der Waals surface area contributed by atoms with Crippen molar-refractivity contribution >= 4 is 12.1 Å². The highest BCUT2D eigenvalue weighted by molar-refractivity contribution is 5.75. The average molecular weight is 228 g/mol. The van der Waals surface area contributed by atoms with Crippen molar-refractivity contribution in [2.24, 2.45) is 0 Å². The molecule has 0 aliphatic rings. The SMILES string of the molecule is COC(=O)C(O)c1ccccc1.O=C(O)O. The molecule has 6 heteroatoms. The van der Waals surface area contributed by atoms with E-state index in [4.69, 9.17) is 15.0 Å². The maximum Gasteiger partial charge on any atom is 0.503 e. The molecule has 0 radical (unpaired) electrons. The number of aliphatic hydroxyl groups is 1. The number of carbonyl (C=O) groups excluding carboxylic acids is 1. The third-order valence-corrected chi connectivity index (χ3v) is 1.54. The van der Waals surface area contributed by atoms with E-state index in [1.54, 1.807) is 24.3 Å². The predicted octanol–water partition coefficient (Wildman–Crippen LogP) is 1.12. The quantitative estimate of drug-likeness (QED) is 0.655. The van der Waals surface area contributed by atoms with Gasteiger partial charge in [0, 0.05) is 0 Å². The second kappa shape index (κ2) is 7.24. The monoisotopic (exact) mass is 228 g/mol. The van der Waals surface area contributed by atoms with Gasteiger partial charge in [0.25, 0.3) is 0 Å². The molecular weight excluding hydrogens is 216 g/mol. The van der Waals surface area contributed by atoms with Crippen LogP contribution in [0.4, 0.5) is 4.79 Å². The summed E-state index contributed by atoms with van der Waals surface area (Å²) in [5.41, 5.74) is 0.546. The normalized spacial score (nSPS) is 10.6. The van der Waals surface area contributed by atoms with Crippen LogP contribution < -0.4 is 0 Å². The number of aliphatic hydroxyl groups excluding tert-OH is 1. The number of ether oxygens (including phenoxy) is 1. The number of carboxylic acid groups (broad SMARTS) is 2. The minimum Gasteiger partial charge on any atom is -0.467 e. The van der Waals surface area contributed by atoms with Gasteiger partial charge in [0.2, 0.25) is 0 Å². The molecule has 0 aliphatic heterocycles. The van der Waals surface area contributed by atoms with Crippen molar-refractivity contribution in [3.8, 4) is 0 Å². The standard InChI is InChI=1S/C9H10O3.CH2O3/c1-12-9(11)8(10)7-5-3-2-4-6-7;2-1(3)4/h2-6,8,10H,1H3;(H2,2,3,4). The first-order valence-corrected chi connectivity index (χ1v) is 4.21. The van der Waals surface area contributed by atoms with Crippen molar-refractivity contribution < 1.29 is 29.6 Å². The zero-order chi connectivity index (χ0) is 12.6. The molecule has 1 aromatic rings. The summed E-state index contributed by atoms with van der Waals surface area (Å²) in [5, 5.41) is 23.3. The van der Waals surface area contributed by atoms with E-state index in [9.17, 15) is 9.90 Å². The molecule has 0 heterocycles. The molecule has 88 valence electrons. The van der Waals surface area contributed by atoms with Gasteiger partial charge in [0.1, 0.15) is 0 Å². The Morgan fingerprint density at radius 3 is 2.00 bits per heavy atom. The first-order chi connectivity index (χ1) is 7.49. The van der Waals surface area contributed by atoms with Crippen LogP contribution in [0.1, 0.15) is 11.7 Å². The van der Waals surface area contributed by atoms with Gasteiger partial charge < -0.3 is 20.1 Å². The van der Waals surface area contributed by atoms with Crippen molar-refractivity contribution in [3.05, 3.63) is 35.9 Å². The lowest BCUT2D eigenvalue weighted by Gasteiger charge is -2.07. The summed E-state index contributed by atoms with van der Waals surface area (Å²) in [4.78, 5) is 19.4. The van der Waals surface area contributed by atoms with Gasteiger partial charge in [-0.05, 0) is 5.56 Å². The molecule has 1 aromatic carbocycles. The molecule has 0 spiro atoms. The largest absolute Gasteiger partial charge is 0.503 e. The molecule has 6 nitrogen and oxygen atoms in total. The Balaban J connectivity index is 0.000000487. The molecule has 0 fully saturated rings. The first-order valence-electron chi connectivity index (χ1n) is 4.21. The zero-order valence-corrected chi connectivity index (χ0v) is 8.53. The van der Waals surface area contributed by atoms with Crippen LogP contribution >= 0.6 is 0 Å². The third kappa shape index (κ3) is 5.61. The van der Waals surface area contributed by atoms with Crippen molar-refractivity contribution in [3.63, 3.8) is 0 Å². The Labute approximate surface area is 91.7 Å². The molecule has 16 heavy (non-hydrogen) atoms. The summed E-state index contributed by atoms with van der Waals surface area (Å²) < 4.78 is 4.38.